The number of benzene rings is 1. The molecule has 2 nitrogen and oxygen atoms in total. The van der Waals surface area contributed by atoms with Crippen LogP contribution in [0.2, 0.25) is 0 Å². The van der Waals surface area contributed by atoms with Crippen LogP contribution in [0.1, 0.15) is 45.6 Å². The van der Waals surface area contributed by atoms with E-state index in [9.17, 15) is 4.79 Å². The molecule has 1 fully saturated rings. The molecule has 0 aromatic heterocycles. The lowest BCUT2D eigenvalue weighted by molar-refractivity contribution is -0.124. The molecule has 0 radical (unpaired) electrons. The van der Waals surface area contributed by atoms with Gasteiger partial charge in [0.2, 0.25) is 5.91 Å². The van der Waals surface area contributed by atoms with Gasteiger partial charge < -0.3 is 5.32 Å². The van der Waals surface area contributed by atoms with E-state index < -0.39 is 0 Å². The molecule has 1 aliphatic carbocycles. The number of aryl methyl sites for hydroxylation is 1. The number of rotatable bonds is 3. The molecule has 116 valence electrons. The van der Waals surface area contributed by atoms with Crippen LogP contribution in [0.3, 0.4) is 0 Å². The second-order valence-corrected chi connectivity index (χ2v) is 7.80. The quantitative estimate of drug-likeness (QED) is 0.775. The van der Waals surface area contributed by atoms with E-state index >= 15 is 0 Å². The fourth-order valence-corrected chi connectivity index (χ4v) is 3.97. The maximum atomic E-state index is 12.7. The third kappa shape index (κ3) is 4.09. The maximum absolute atomic E-state index is 12.7. The third-order valence-electron chi connectivity index (χ3n) is 4.81. The average molecular weight is 352 g/mol. The highest BCUT2D eigenvalue weighted by molar-refractivity contribution is 9.10. The zero-order valence-electron chi connectivity index (χ0n) is 13.4. The normalized spacial score (nSPS) is 25.9. The molecule has 0 heterocycles. The van der Waals surface area contributed by atoms with Crippen molar-refractivity contribution in [3.8, 4) is 0 Å². The molecule has 0 unspecified atom stereocenters. The Labute approximate surface area is 136 Å². The lowest BCUT2D eigenvalue weighted by atomic mass is 9.70. The number of carbonyl (C=O) groups excluding carboxylic acids is 1. The Balaban J connectivity index is 2.13. The first-order valence-electron chi connectivity index (χ1n) is 7.95. The summed E-state index contributed by atoms with van der Waals surface area (Å²) in [4.78, 5) is 12.7. The molecule has 1 aliphatic rings. The Hall–Kier alpha value is -0.830. The summed E-state index contributed by atoms with van der Waals surface area (Å²) in [7, 11) is 0. The molecule has 3 heteroatoms. The number of hydrogen-bond donors (Lipinski definition) is 1. The predicted octanol–water partition coefficient (Wildman–Crippen LogP) is 5.40. The van der Waals surface area contributed by atoms with Crippen LogP contribution in [0, 0.1) is 30.6 Å². The van der Waals surface area contributed by atoms with Crippen molar-refractivity contribution < 1.29 is 4.79 Å². The first-order valence-corrected chi connectivity index (χ1v) is 8.74. The molecule has 0 spiro atoms. The van der Waals surface area contributed by atoms with Crippen molar-refractivity contribution in [1.29, 1.82) is 0 Å². The summed E-state index contributed by atoms with van der Waals surface area (Å²) in [5.74, 6) is 2.08. The molecular weight excluding hydrogens is 326 g/mol. The lowest BCUT2D eigenvalue weighted by Gasteiger charge is -2.36. The highest BCUT2D eigenvalue weighted by atomic mass is 79.9. The van der Waals surface area contributed by atoms with Crippen LogP contribution in [0.25, 0.3) is 0 Å². The second kappa shape index (κ2) is 6.95. The Morgan fingerprint density at radius 1 is 1.33 bits per heavy atom. The summed E-state index contributed by atoms with van der Waals surface area (Å²) in [5, 5.41) is 3.15. The molecule has 1 N–H and O–H groups in total. The van der Waals surface area contributed by atoms with Gasteiger partial charge in [-0.2, -0.15) is 0 Å². The number of anilines is 1. The SMILES string of the molecule is Cc1cc(Br)ccc1NC(=O)[C@@H]1C[C@H](C)CC[C@H]1C(C)C. The smallest absolute Gasteiger partial charge is 0.227 e. The molecule has 0 bridgehead atoms. The Bertz CT molecular complexity index is 512. The number of hydrogen-bond acceptors (Lipinski definition) is 1. The predicted molar refractivity (Wildman–Crippen MR) is 92.3 cm³/mol. The van der Waals surface area contributed by atoms with Crippen molar-refractivity contribution in [2.45, 2.75) is 47.0 Å². The molecule has 3 atom stereocenters. The van der Waals surface area contributed by atoms with Crippen LogP contribution in [-0.2, 0) is 4.79 Å². The highest BCUT2D eigenvalue weighted by Crippen LogP contribution is 2.38. The lowest BCUT2D eigenvalue weighted by Crippen LogP contribution is -2.36. The Morgan fingerprint density at radius 3 is 2.67 bits per heavy atom. The van der Waals surface area contributed by atoms with Gasteiger partial charge in [0.15, 0.2) is 0 Å². The van der Waals surface area contributed by atoms with Gasteiger partial charge in [-0.05, 0) is 61.3 Å². The molecule has 21 heavy (non-hydrogen) atoms. The summed E-state index contributed by atoms with van der Waals surface area (Å²) >= 11 is 3.46. The second-order valence-electron chi connectivity index (χ2n) is 6.88. The standard InChI is InChI=1S/C18H26BrNO/c1-11(2)15-7-5-12(3)9-16(15)18(21)20-17-8-6-14(19)10-13(17)4/h6,8,10-12,15-16H,5,7,9H2,1-4H3,(H,20,21)/t12-,15+,16-/m1/s1. The van der Waals surface area contributed by atoms with Gasteiger partial charge in [-0.1, -0.05) is 43.1 Å². The number of halogens is 1. The van der Waals surface area contributed by atoms with Gasteiger partial charge in [-0.25, -0.2) is 0 Å². The van der Waals surface area contributed by atoms with Gasteiger partial charge in [0.25, 0.3) is 0 Å². The minimum atomic E-state index is 0.150. The fraction of sp³-hybridized carbons (Fsp3) is 0.611. The van der Waals surface area contributed by atoms with Gasteiger partial charge >= 0.3 is 0 Å². The highest BCUT2D eigenvalue weighted by Gasteiger charge is 2.35. The van der Waals surface area contributed by atoms with E-state index in [4.69, 9.17) is 0 Å². The van der Waals surface area contributed by atoms with Crippen LogP contribution in [-0.4, -0.2) is 5.91 Å². The van der Waals surface area contributed by atoms with Crippen molar-refractivity contribution in [2.75, 3.05) is 5.32 Å². The van der Waals surface area contributed by atoms with Crippen LogP contribution < -0.4 is 5.32 Å². The van der Waals surface area contributed by atoms with Crippen molar-refractivity contribution in [1.82, 2.24) is 0 Å². The molecular formula is C18H26BrNO. The zero-order valence-corrected chi connectivity index (χ0v) is 15.0. The van der Waals surface area contributed by atoms with E-state index in [1.807, 2.05) is 25.1 Å². The monoisotopic (exact) mass is 351 g/mol. The Kier molecular flexibility index (Phi) is 5.48. The summed E-state index contributed by atoms with van der Waals surface area (Å²) < 4.78 is 1.05. The van der Waals surface area contributed by atoms with Crippen LogP contribution >= 0.6 is 15.9 Å². The van der Waals surface area contributed by atoms with Crippen molar-refractivity contribution in [3.63, 3.8) is 0 Å². The molecule has 1 saturated carbocycles. The number of nitrogens with one attached hydrogen (secondary N) is 1. The number of amides is 1. The van der Waals surface area contributed by atoms with E-state index in [2.05, 4.69) is 42.0 Å². The van der Waals surface area contributed by atoms with Gasteiger partial charge in [0.05, 0.1) is 0 Å². The average Bonchev–Trinajstić information content (AvgIpc) is 2.41. The minimum absolute atomic E-state index is 0.150. The third-order valence-corrected chi connectivity index (χ3v) is 5.30. The van der Waals surface area contributed by atoms with Gasteiger partial charge in [-0.3, -0.25) is 4.79 Å². The molecule has 1 aromatic rings. The van der Waals surface area contributed by atoms with E-state index in [0.717, 1.165) is 22.1 Å². The van der Waals surface area contributed by atoms with Gasteiger partial charge in [0.1, 0.15) is 0 Å². The molecule has 0 saturated heterocycles. The van der Waals surface area contributed by atoms with Gasteiger partial charge in [-0.15, -0.1) is 0 Å². The summed E-state index contributed by atoms with van der Waals surface area (Å²) in [6.45, 7) is 8.78. The number of carbonyl (C=O) groups is 1. The van der Waals surface area contributed by atoms with E-state index in [1.165, 1.54) is 12.8 Å². The zero-order chi connectivity index (χ0) is 15.6. The topological polar surface area (TPSA) is 29.1 Å². The Morgan fingerprint density at radius 2 is 2.05 bits per heavy atom. The largest absolute Gasteiger partial charge is 0.326 e. The summed E-state index contributed by atoms with van der Waals surface area (Å²) in [6.07, 6.45) is 3.45. The van der Waals surface area contributed by atoms with E-state index in [0.29, 0.717) is 17.8 Å². The summed E-state index contributed by atoms with van der Waals surface area (Å²) in [5.41, 5.74) is 2.03. The van der Waals surface area contributed by atoms with Crippen molar-refractivity contribution >= 4 is 27.5 Å². The van der Waals surface area contributed by atoms with Crippen molar-refractivity contribution in [2.24, 2.45) is 23.7 Å². The maximum Gasteiger partial charge on any atom is 0.227 e. The fourth-order valence-electron chi connectivity index (χ4n) is 3.50. The van der Waals surface area contributed by atoms with Crippen LogP contribution in [0.5, 0.6) is 0 Å². The molecule has 0 aliphatic heterocycles. The van der Waals surface area contributed by atoms with E-state index in [-0.39, 0.29) is 11.8 Å². The first-order chi connectivity index (χ1) is 9.88. The summed E-state index contributed by atoms with van der Waals surface area (Å²) in [6, 6.07) is 6.00. The molecule has 2 rings (SSSR count). The van der Waals surface area contributed by atoms with Gasteiger partial charge in [0, 0.05) is 16.1 Å². The van der Waals surface area contributed by atoms with E-state index in [1.54, 1.807) is 0 Å². The molecule has 1 aromatic carbocycles. The minimum Gasteiger partial charge on any atom is -0.326 e. The van der Waals surface area contributed by atoms with Crippen molar-refractivity contribution in [3.05, 3.63) is 28.2 Å². The van der Waals surface area contributed by atoms with Crippen LogP contribution in [0.4, 0.5) is 5.69 Å². The first kappa shape index (κ1) is 16.5. The molecule has 1 amide bonds. The van der Waals surface area contributed by atoms with Crippen LogP contribution in [0.15, 0.2) is 22.7 Å².